The van der Waals surface area contributed by atoms with Gasteiger partial charge in [-0.15, -0.1) is 0 Å². The van der Waals surface area contributed by atoms with Gasteiger partial charge in [-0.2, -0.15) is 0 Å². The van der Waals surface area contributed by atoms with E-state index in [0.717, 1.165) is 24.9 Å². The van der Waals surface area contributed by atoms with Crippen LogP contribution in [0.3, 0.4) is 0 Å². The van der Waals surface area contributed by atoms with Crippen molar-refractivity contribution < 1.29 is 4.39 Å². The number of hydrogen-bond donors (Lipinski definition) is 1. The zero-order valence-corrected chi connectivity index (χ0v) is 9.79. The molecule has 1 saturated heterocycles. The van der Waals surface area contributed by atoms with E-state index in [1.807, 2.05) is 13.8 Å². The molecule has 15 heavy (non-hydrogen) atoms. The average Bonchev–Trinajstić information content (AvgIpc) is 2.60. The smallest absolute Gasteiger partial charge is 0.128 e. The second kappa shape index (κ2) is 3.76. The largest absolute Gasteiger partial charge is 0.308 e. The summed E-state index contributed by atoms with van der Waals surface area (Å²) in [5.74, 6) is -0.159. The molecular weight excluding hydrogens is 213 g/mol. The molecule has 0 radical (unpaired) electrons. The lowest BCUT2D eigenvalue weighted by Crippen LogP contribution is -2.34. The van der Waals surface area contributed by atoms with Crippen LogP contribution in [0.1, 0.15) is 30.9 Å². The summed E-state index contributed by atoms with van der Waals surface area (Å²) in [5, 5.41) is 3.98. The molecule has 1 aromatic carbocycles. The highest BCUT2D eigenvalue weighted by Gasteiger charge is 2.32. The third-order valence-corrected chi connectivity index (χ3v) is 3.62. The van der Waals surface area contributed by atoms with E-state index in [-0.39, 0.29) is 11.4 Å². The molecule has 1 N–H and O–H groups in total. The number of aryl methyl sites for hydroxylation is 1. The van der Waals surface area contributed by atoms with Crippen LogP contribution >= 0.6 is 11.6 Å². The van der Waals surface area contributed by atoms with Crippen molar-refractivity contribution in [2.45, 2.75) is 32.2 Å². The normalized spacial score (nSPS) is 25.9. The molecule has 0 aromatic heterocycles. The van der Waals surface area contributed by atoms with Gasteiger partial charge in [0.05, 0.1) is 0 Å². The Bertz CT molecular complexity index is 383. The Morgan fingerprint density at radius 2 is 2.20 bits per heavy atom. The highest BCUT2D eigenvalue weighted by Crippen LogP contribution is 2.34. The fourth-order valence-corrected chi connectivity index (χ4v) is 2.36. The lowest BCUT2D eigenvalue weighted by molar-refractivity contribution is 0.410. The van der Waals surface area contributed by atoms with Crippen LogP contribution in [-0.4, -0.2) is 6.54 Å². The molecule has 1 heterocycles. The average molecular weight is 228 g/mol. The maximum atomic E-state index is 13.8. The first-order valence-corrected chi connectivity index (χ1v) is 5.62. The van der Waals surface area contributed by atoms with Gasteiger partial charge in [-0.05, 0) is 50.9 Å². The maximum absolute atomic E-state index is 13.8. The number of rotatable bonds is 1. The van der Waals surface area contributed by atoms with Crippen molar-refractivity contribution in [3.05, 3.63) is 34.1 Å². The minimum atomic E-state index is -0.249. The Morgan fingerprint density at radius 1 is 1.47 bits per heavy atom. The van der Waals surface area contributed by atoms with Crippen molar-refractivity contribution in [2.75, 3.05) is 6.54 Å². The van der Waals surface area contributed by atoms with E-state index >= 15 is 0 Å². The van der Waals surface area contributed by atoms with Crippen molar-refractivity contribution in [3.63, 3.8) is 0 Å². The standard InChI is InChI=1S/C12H15ClFN/c1-8-6-11(14)9(7-10(8)13)12(2)4-3-5-15-12/h6-7,15H,3-5H2,1-2H3. The first-order chi connectivity index (χ1) is 7.03. The quantitative estimate of drug-likeness (QED) is 0.776. The zero-order chi connectivity index (χ0) is 11.1. The summed E-state index contributed by atoms with van der Waals surface area (Å²) in [4.78, 5) is 0. The van der Waals surface area contributed by atoms with Crippen LogP contribution in [0.25, 0.3) is 0 Å². The highest BCUT2D eigenvalue weighted by molar-refractivity contribution is 6.31. The Balaban J connectivity index is 2.48. The third-order valence-electron chi connectivity index (χ3n) is 3.21. The fourth-order valence-electron chi connectivity index (χ4n) is 2.19. The van der Waals surface area contributed by atoms with Crippen molar-refractivity contribution in [2.24, 2.45) is 0 Å². The van der Waals surface area contributed by atoms with Gasteiger partial charge in [0.2, 0.25) is 0 Å². The molecule has 1 aliphatic rings. The molecule has 1 unspecified atom stereocenters. The van der Waals surface area contributed by atoms with Crippen molar-refractivity contribution in [3.8, 4) is 0 Å². The van der Waals surface area contributed by atoms with E-state index < -0.39 is 0 Å². The first kappa shape index (κ1) is 10.9. The minimum Gasteiger partial charge on any atom is -0.308 e. The van der Waals surface area contributed by atoms with Gasteiger partial charge in [-0.1, -0.05) is 11.6 Å². The zero-order valence-electron chi connectivity index (χ0n) is 9.03. The monoisotopic (exact) mass is 227 g/mol. The molecule has 82 valence electrons. The van der Waals surface area contributed by atoms with Gasteiger partial charge < -0.3 is 5.32 Å². The van der Waals surface area contributed by atoms with E-state index in [1.165, 1.54) is 6.07 Å². The topological polar surface area (TPSA) is 12.0 Å². The number of halogens is 2. The van der Waals surface area contributed by atoms with E-state index in [9.17, 15) is 4.39 Å². The molecule has 0 saturated carbocycles. The van der Waals surface area contributed by atoms with E-state index in [2.05, 4.69) is 5.32 Å². The summed E-state index contributed by atoms with van der Waals surface area (Å²) >= 11 is 6.03. The van der Waals surface area contributed by atoms with Crippen molar-refractivity contribution >= 4 is 11.6 Å². The molecule has 2 rings (SSSR count). The minimum absolute atomic E-state index is 0.159. The lowest BCUT2D eigenvalue weighted by atomic mass is 9.89. The summed E-state index contributed by atoms with van der Waals surface area (Å²) in [6.45, 7) is 4.80. The van der Waals surface area contributed by atoms with Crippen LogP contribution in [0.5, 0.6) is 0 Å². The molecule has 0 aliphatic carbocycles. The number of nitrogens with one attached hydrogen (secondary N) is 1. The molecule has 1 aromatic rings. The lowest BCUT2D eigenvalue weighted by Gasteiger charge is -2.26. The van der Waals surface area contributed by atoms with Crippen LogP contribution in [-0.2, 0) is 5.54 Å². The number of benzene rings is 1. The number of hydrogen-bond acceptors (Lipinski definition) is 1. The molecule has 1 nitrogen and oxygen atoms in total. The molecule has 1 atom stereocenters. The van der Waals surface area contributed by atoms with Gasteiger partial charge in [0.1, 0.15) is 5.82 Å². The summed E-state index contributed by atoms with van der Waals surface area (Å²) in [6.07, 6.45) is 2.05. The Labute approximate surface area is 94.6 Å². The molecule has 1 fully saturated rings. The van der Waals surface area contributed by atoms with Crippen molar-refractivity contribution in [1.29, 1.82) is 0 Å². The Hall–Kier alpha value is -0.600. The van der Waals surface area contributed by atoms with E-state index in [4.69, 9.17) is 11.6 Å². The Kier molecular flexibility index (Phi) is 2.73. The molecule has 3 heteroatoms. The molecule has 0 amide bonds. The SMILES string of the molecule is Cc1cc(F)c(C2(C)CCCN2)cc1Cl. The van der Waals surface area contributed by atoms with Crippen LogP contribution in [0.15, 0.2) is 12.1 Å². The summed E-state index contributed by atoms with van der Waals surface area (Å²) < 4.78 is 13.8. The summed E-state index contributed by atoms with van der Waals surface area (Å²) in [7, 11) is 0. The van der Waals surface area contributed by atoms with Gasteiger partial charge in [0.25, 0.3) is 0 Å². The van der Waals surface area contributed by atoms with Gasteiger partial charge in [-0.25, -0.2) is 4.39 Å². The summed E-state index contributed by atoms with van der Waals surface area (Å²) in [6, 6.07) is 3.27. The second-order valence-electron chi connectivity index (χ2n) is 4.44. The molecular formula is C12H15ClFN. The predicted molar refractivity (Wildman–Crippen MR) is 60.7 cm³/mol. The van der Waals surface area contributed by atoms with Crippen LogP contribution in [0.2, 0.25) is 5.02 Å². The van der Waals surface area contributed by atoms with Crippen LogP contribution in [0, 0.1) is 12.7 Å². The predicted octanol–water partition coefficient (Wildman–Crippen LogP) is 3.39. The van der Waals surface area contributed by atoms with Gasteiger partial charge in [0.15, 0.2) is 0 Å². The maximum Gasteiger partial charge on any atom is 0.128 e. The highest BCUT2D eigenvalue weighted by atomic mass is 35.5. The second-order valence-corrected chi connectivity index (χ2v) is 4.85. The Morgan fingerprint density at radius 3 is 2.80 bits per heavy atom. The molecule has 0 spiro atoms. The summed E-state index contributed by atoms with van der Waals surface area (Å²) in [5.41, 5.74) is 1.23. The van der Waals surface area contributed by atoms with Crippen molar-refractivity contribution in [1.82, 2.24) is 5.32 Å². The molecule has 0 bridgehead atoms. The van der Waals surface area contributed by atoms with Crippen LogP contribution in [0.4, 0.5) is 4.39 Å². The van der Waals surface area contributed by atoms with E-state index in [0.29, 0.717) is 10.6 Å². The van der Waals surface area contributed by atoms with Gasteiger partial charge >= 0.3 is 0 Å². The van der Waals surface area contributed by atoms with Crippen LogP contribution < -0.4 is 5.32 Å². The fraction of sp³-hybridized carbons (Fsp3) is 0.500. The van der Waals surface area contributed by atoms with Gasteiger partial charge in [0, 0.05) is 16.1 Å². The first-order valence-electron chi connectivity index (χ1n) is 5.24. The third kappa shape index (κ3) is 1.88. The molecule has 1 aliphatic heterocycles. The van der Waals surface area contributed by atoms with E-state index in [1.54, 1.807) is 6.07 Å². The van der Waals surface area contributed by atoms with Gasteiger partial charge in [-0.3, -0.25) is 0 Å².